The molecule has 1 saturated carbocycles. The summed E-state index contributed by atoms with van der Waals surface area (Å²) in [5.41, 5.74) is 1.38. The van der Waals surface area contributed by atoms with Crippen LogP contribution >= 0.6 is 0 Å². The molecule has 1 fully saturated rings. The summed E-state index contributed by atoms with van der Waals surface area (Å²) >= 11 is 0. The van der Waals surface area contributed by atoms with Gasteiger partial charge in [0.25, 0.3) is 0 Å². The first kappa shape index (κ1) is 13.8. The van der Waals surface area contributed by atoms with Gasteiger partial charge in [-0.1, -0.05) is 19.8 Å². The molecule has 0 aliphatic heterocycles. The van der Waals surface area contributed by atoms with Gasteiger partial charge in [-0.15, -0.1) is 0 Å². The third kappa shape index (κ3) is 3.69. The number of benzene rings is 1. The molecule has 0 bridgehead atoms. The van der Waals surface area contributed by atoms with Gasteiger partial charge >= 0.3 is 6.03 Å². The lowest BCUT2D eigenvalue weighted by molar-refractivity contribution is 0.232. The Labute approximate surface area is 113 Å². The Bertz CT molecular complexity index is 461. The van der Waals surface area contributed by atoms with Crippen molar-refractivity contribution in [2.75, 3.05) is 5.32 Å². The zero-order valence-electron chi connectivity index (χ0n) is 11.5. The number of rotatable bonds is 2. The van der Waals surface area contributed by atoms with Crippen LogP contribution in [0.4, 0.5) is 14.9 Å². The number of urea groups is 1. The monoisotopic (exact) mass is 264 g/mol. The molecule has 1 aromatic carbocycles. The van der Waals surface area contributed by atoms with Gasteiger partial charge in [0.2, 0.25) is 0 Å². The first-order chi connectivity index (χ1) is 9.06. The highest BCUT2D eigenvalue weighted by molar-refractivity contribution is 5.90. The third-order valence-corrected chi connectivity index (χ3v) is 3.86. The fraction of sp³-hybridized carbons (Fsp3) is 0.533. The number of aryl methyl sites for hydroxylation is 1. The Morgan fingerprint density at radius 1 is 1.32 bits per heavy atom. The van der Waals surface area contributed by atoms with E-state index in [0.717, 1.165) is 12.0 Å². The average molecular weight is 264 g/mol. The molecule has 0 saturated heterocycles. The first-order valence-corrected chi connectivity index (χ1v) is 6.90. The van der Waals surface area contributed by atoms with E-state index in [2.05, 4.69) is 17.6 Å². The fourth-order valence-electron chi connectivity index (χ4n) is 2.62. The van der Waals surface area contributed by atoms with Gasteiger partial charge in [-0.2, -0.15) is 0 Å². The number of anilines is 1. The molecule has 0 spiro atoms. The molecular weight excluding hydrogens is 243 g/mol. The Morgan fingerprint density at radius 3 is 2.74 bits per heavy atom. The third-order valence-electron chi connectivity index (χ3n) is 3.86. The van der Waals surface area contributed by atoms with Crippen LogP contribution in [0, 0.1) is 18.7 Å². The normalized spacial score (nSPS) is 22.9. The van der Waals surface area contributed by atoms with Gasteiger partial charge in [0.1, 0.15) is 5.82 Å². The van der Waals surface area contributed by atoms with E-state index in [1.54, 1.807) is 13.0 Å². The summed E-state index contributed by atoms with van der Waals surface area (Å²) in [5, 5.41) is 5.80. The number of amides is 2. The minimum Gasteiger partial charge on any atom is -0.335 e. The lowest BCUT2D eigenvalue weighted by Gasteiger charge is -2.29. The number of hydrogen-bond donors (Lipinski definition) is 2. The van der Waals surface area contributed by atoms with Gasteiger partial charge in [-0.3, -0.25) is 0 Å². The largest absolute Gasteiger partial charge is 0.335 e. The zero-order valence-corrected chi connectivity index (χ0v) is 11.5. The summed E-state index contributed by atoms with van der Waals surface area (Å²) in [6.45, 7) is 3.95. The van der Waals surface area contributed by atoms with Crippen LogP contribution in [-0.4, -0.2) is 12.1 Å². The van der Waals surface area contributed by atoms with Crippen molar-refractivity contribution >= 4 is 11.7 Å². The van der Waals surface area contributed by atoms with Crippen molar-refractivity contribution in [1.29, 1.82) is 0 Å². The molecule has 2 rings (SSSR count). The van der Waals surface area contributed by atoms with Crippen molar-refractivity contribution in [2.24, 2.45) is 5.92 Å². The second kappa shape index (κ2) is 6.04. The predicted octanol–water partition coefficient (Wildman–Crippen LogP) is 3.83. The molecule has 0 aromatic heterocycles. The summed E-state index contributed by atoms with van der Waals surface area (Å²) < 4.78 is 13.0. The van der Waals surface area contributed by atoms with Crippen LogP contribution in [0.25, 0.3) is 0 Å². The Morgan fingerprint density at radius 2 is 2.05 bits per heavy atom. The van der Waals surface area contributed by atoms with Crippen LogP contribution in [0.2, 0.25) is 0 Å². The molecule has 0 unspecified atom stereocenters. The second-order valence-corrected chi connectivity index (χ2v) is 5.43. The number of carbonyl (C=O) groups excluding carboxylic acids is 1. The number of carbonyl (C=O) groups is 1. The molecule has 2 atom stereocenters. The molecule has 104 valence electrons. The minimum absolute atomic E-state index is 0.201. The highest BCUT2D eigenvalue weighted by Crippen LogP contribution is 2.24. The van der Waals surface area contributed by atoms with E-state index in [4.69, 9.17) is 0 Å². The molecule has 2 N–H and O–H groups in total. The lowest BCUT2D eigenvalue weighted by atomic mass is 9.86. The van der Waals surface area contributed by atoms with E-state index in [1.807, 2.05) is 0 Å². The maximum absolute atomic E-state index is 13.0. The van der Waals surface area contributed by atoms with Gasteiger partial charge in [0, 0.05) is 11.7 Å². The molecule has 4 heteroatoms. The van der Waals surface area contributed by atoms with Crippen molar-refractivity contribution in [3.63, 3.8) is 0 Å². The van der Waals surface area contributed by atoms with Crippen molar-refractivity contribution in [2.45, 2.75) is 45.6 Å². The van der Waals surface area contributed by atoms with Crippen molar-refractivity contribution in [1.82, 2.24) is 5.32 Å². The van der Waals surface area contributed by atoms with E-state index in [1.165, 1.54) is 31.4 Å². The Hall–Kier alpha value is -1.58. The molecule has 0 heterocycles. The predicted molar refractivity (Wildman–Crippen MR) is 74.7 cm³/mol. The molecule has 2 amide bonds. The SMILES string of the molecule is Cc1cc(F)ccc1NC(=O)N[C@H]1CCCC[C@H]1C. The molecule has 1 aliphatic rings. The molecule has 3 nitrogen and oxygen atoms in total. The smallest absolute Gasteiger partial charge is 0.319 e. The van der Waals surface area contributed by atoms with E-state index >= 15 is 0 Å². The molecule has 0 radical (unpaired) electrons. The summed E-state index contributed by atoms with van der Waals surface area (Å²) in [6.07, 6.45) is 4.63. The maximum Gasteiger partial charge on any atom is 0.319 e. The van der Waals surface area contributed by atoms with Gasteiger partial charge in [-0.05, 0) is 49.4 Å². The maximum atomic E-state index is 13.0. The number of nitrogens with one attached hydrogen (secondary N) is 2. The standard InChI is InChI=1S/C15H21FN2O/c1-10-5-3-4-6-13(10)17-15(19)18-14-8-7-12(16)9-11(14)2/h7-10,13H,3-6H2,1-2H3,(H2,17,18,19)/t10-,13+/m1/s1. The topological polar surface area (TPSA) is 41.1 Å². The summed E-state index contributed by atoms with van der Waals surface area (Å²) in [7, 11) is 0. The molecule has 19 heavy (non-hydrogen) atoms. The van der Waals surface area contributed by atoms with E-state index in [9.17, 15) is 9.18 Å². The Kier molecular flexibility index (Phi) is 4.40. The quantitative estimate of drug-likeness (QED) is 0.837. The van der Waals surface area contributed by atoms with E-state index in [-0.39, 0.29) is 17.9 Å². The van der Waals surface area contributed by atoms with Gasteiger partial charge in [0.15, 0.2) is 0 Å². The summed E-state index contributed by atoms with van der Waals surface area (Å²) in [4.78, 5) is 11.9. The van der Waals surface area contributed by atoms with Crippen molar-refractivity contribution < 1.29 is 9.18 Å². The van der Waals surface area contributed by atoms with E-state index in [0.29, 0.717) is 11.6 Å². The van der Waals surface area contributed by atoms with Crippen molar-refractivity contribution in [3.05, 3.63) is 29.6 Å². The van der Waals surface area contributed by atoms with Crippen LogP contribution in [0.1, 0.15) is 38.2 Å². The lowest BCUT2D eigenvalue weighted by Crippen LogP contribution is -2.43. The number of halogens is 1. The highest BCUT2D eigenvalue weighted by atomic mass is 19.1. The number of hydrogen-bond acceptors (Lipinski definition) is 1. The van der Waals surface area contributed by atoms with E-state index < -0.39 is 0 Å². The van der Waals surface area contributed by atoms with Crippen LogP contribution in [0.3, 0.4) is 0 Å². The minimum atomic E-state index is -0.288. The molecular formula is C15H21FN2O. The zero-order chi connectivity index (χ0) is 13.8. The molecule has 1 aliphatic carbocycles. The summed E-state index contributed by atoms with van der Waals surface area (Å²) in [5.74, 6) is 0.234. The van der Waals surface area contributed by atoms with Crippen LogP contribution in [0.5, 0.6) is 0 Å². The van der Waals surface area contributed by atoms with Crippen LogP contribution < -0.4 is 10.6 Å². The van der Waals surface area contributed by atoms with Gasteiger partial charge in [-0.25, -0.2) is 9.18 Å². The average Bonchev–Trinajstić information content (AvgIpc) is 2.36. The second-order valence-electron chi connectivity index (χ2n) is 5.43. The van der Waals surface area contributed by atoms with Crippen LogP contribution in [0.15, 0.2) is 18.2 Å². The highest BCUT2D eigenvalue weighted by Gasteiger charge is 2.22. The van der Waals surface area contributed by atoms with Gasteiger partial charge < -0.3 is 10.6 Å². The fourth-order valence-corrected chi connectivity index (χ4v) is 2.62. The van der Waals surface area contributed by atoms with Crippen LogP contribution in [-0.2, 0) is 0 Å². The summed E-state index contributed by atoms with van der Waals surface area (Å²) in [6, 6.07) is 4.40. The first-order valence-electron chi connectivity index (χ1n) is 6.90. The van der Waals surface area contributed by atoms with Crippen molar-refractivity contribution in [3.8, 4) is 0 Å². The molecule has 1 aromatic rings. The van der Waals surface area contributed by atoms with Gasteiger partial charge in [0.05, 0.1) is 0 Å². The Balaban J connectivity index is 1.93.